The van der Waals surface area contributed by atoms with Crippen molar-refractivity contribution < 1.29 is 9.59 Å². The zero-order valence-electron chi connectivity index (χ0n) is 13.9. The van der Waals surface area contributed by atoms with Crippen LogP contribution in [0.25, 0.3) is 0 Å². The first-order valence-corrected chi connectivity index (χ1v) is 8.14. The Hall–Kier alpha value is -1.82. The third-order valence-electron chi connectivity index (χ3n) is 3.94. The summed E-state index contributed by atoms with van der Waals surface area (Å²) < 4.78 is 0. The van der Waals surface area contributed by atoms with Crippen molar-refractivity contribution in [1.82, 2.24) is 14.8 Å². The van der Waals surface area contributed by atoms with Gasteiger partial charge in [-0.3, -0.25) is 9.59 Å². The molecule has 1 aliphatic heterocycles. The van der Waals surface area contributed by atoms with Gasteiger partial charge in [0.25, 0.3) is 5.91 Å². The maximum Gasteiger partial charge on any atom is 0.255 e. The van der Waals surface area contributed by atoms with Crippen LogP contribution in [-0.4, -0.2) is 67.4 Å². The number of amides is 2. The molecule has 7 heteroatoms. The Balaban J connectivity index is 2.10. The van der Waals surface area contributed by atoms with E-state index < -0.39 is 0 Å². The molecule has 0 aliphatic carbocycles. The molecule has 2 amide bonds. The number of aromatic nitrogens is 1. The zero-order chi connectivity index (χ0) is 17.0. The predicted molar refractivity (Wildman–Crippen MR) is 91.0 cm³/mol. The van der Waals surface area contributed by atoms with Gasteiger partial charge in [0.05, 0.1) is 17.1 Å². The van der Waals surface area contributed by atoms with Crippen LogP contribution in [0.4, 0.5) is 5.82 Å². The van der Waals surface area contributed by atoms with Crippen LogP contribution >= 0.6 is 11.6 Å². The molecule has 0 spiro atoms. The number of hydrogen-bond donors (Lipinski definition) is 0. The van der Waals surface area contributed by atoms with E-state index >= 15 is 0 Å². The highest BCUT2D eigenvalue weighted by Gasteiger charge is 2.20. The van der Waals surface area contributed by atoms with Gasteiger partial charge in [-0.15, -0.1) is 0 Å². The molecule has 0 atom stereocenters. The summed E-state index contributed by atoms with van der Waals surface area (Å²) in [4.78, 5) is 33.5. The molecular formula is C16H23ClN4O2. The van der Waals surface area contributed by atoms with Crippen LogP contribution < -0.4 is 4.90 Å². The van der Waals surface area contributed by atoms with E-state index in [0.29, 0.717) is 16.4 Å². The zero-order valence-corrected chi connectivity index (χ0v) is 14.6. The second-order valence-corrected chi connectivity index (χ2v) is 6.43. The quantitative estimate of drug-likeness (QED) is 0.841. The number of likely N-dealkylation sites (tertiary alicyclic amines) is 1. The van der Waals surface area contributed by atoms with E-state index in [0.717, 1.165) is 25.9 Å². The van der Waals surface area contributed by atoms with E-state index in [1.165, 1.54) is 17.5 Å². The smallest absolute Gasteiger partial charge is 0.255 e. The van der Waals surface area contributed by atoms with E-state index in [2.05, 4.69) is 4.98 Å². The highest BCUT2D eigenvalue weighted by Crippen LogP contribution is 2.24. The molecule has 0 aromatic carbocycles. The maximum atomic E-state index is 12.5. The van der Waals surface area contributed by atoms with Gasteiger partial charge in [-0.05, 0) is 25.3 Å². The van der Waals surface area contributed by atoms with Gasteiger partial charge >= 0.3 is 0 Å². The molecule has 0 unspecified atom stereocenters. The van der Waals surface area contributed by atoms with Crippen LogP contribution in [0.3, 0.4) is 0 Å². The number of carbonyl (C=O) groups excluding carboxylic acids is 2. The molecule has 0 N–H and O–H groups in total. The first-order valence-electron chi connectivity index (χ1n) is 7.76. The molecule has 0 bridgehead atoms. The fourth-order valence-electron chi connectivity index (χ4n) is 2.53. The lowest BCUT2D eigenvalue weighted by molar-refractivity contribution is -0.127. The molecule has 2 rings (SSSR count). The van der Waals surface area contributed by atoms with Crippen molar-refractivity contribution >= 4 is 29.2 Å². The monoisotopic (exact) mass is 338 g/mol. The fraction of sp³-hybridized carbons (Fsp3) is 0.562. The molecule has 0 saturated carbocycles. The normalized spacial score (nSPS) is 14.5. The molecule has 1 aromatic rings. The molecule has 1 fully saturated rings. The van der Waals surface area contributed by atoms with Gasteiger partial charge in [-0.2, -0.15) is 0 Å². The standard InChI is InChI=1S/C16H23ClN4O2/c1-19(2)14(22)11-20(3)15-13(17)9-12(10-18-15)16(23)21-7-5-4-6-8-21/h9-10H,4-8,11H2,1-3H3. The third kappa shape index (κ3) is 4.34. The van der Waals surface area contributed by atoms with Crippen LogP contribution in [0.2, 0.25) is 5.02 Å². The van der Waals surface area contributed by atoms with Gasteiger partial charge in [0.1, 0.15) is 5.82 Å². The maximum absolute atomic E-state index is 12.5. The highest BCUT2D eigenvalue weighted by molar-refractivity contribution is 6.33. The van der Waals surface area contributed by atoms with Gasteiger partial charge in [0, 0.05) is 40.4 Å². The minimum absolute atomic E-state index is 0.0299. The van der Waals surface area contributed by atoms with Gasteiger partial charge < -0.3 is 14.7 Å². The lowest BCUT2D eigenvalue weighted by atomic mass is 10.1. The van der Waals surface area contributed by atoms with Crippen LogP contribution in [0.5, 0.6) is 0 Å². The van der Waals surface area contributed by atoms with Crippen LogP contribution in [0, 0.1) is 0 Å². The summed E-state index contributed by atoms with van der Waals surface area (Å²) in [5, 5.41) is 0.377. The minimum atomic E-state index is -0.0427. The van der Waals surface area contributed by atoms with Gasteiger partial charge in [0.2, 0.25) is 5.91 Å². The lowest BCUT2D eigenvalue weighted by Gasteiger charge is -2.27. The Morgan fingerprint density at radius 2 is 1.87 bits per heavy atom. The summed E-state index contributed by atoms with van der Waals surface area (Å²) in [6.07, 6.45) is 4.79. The number of likely N-dealkylation sites (N-methyl/N-ethyl adjacent to an activating group) is 2. The molecule has 1 saturated heterocycles. The Bertz CT molecular complexity index is 585. The number of carbonyl (C=O) groups is 2. The summed E-state index contributed by atoms with van der Waals surface area (Å²) in [6.45, 7) is 1.75. The van der Waals surface area contributed by atoms with Crippen molar-refractivity contribution in [2.45, 2.75) is 19.3 Å². The van der Waals surface area contributed by atoms with Crippen molar-refractivity contribution in [1.29, 1.82) is 0 Å². The SMILES string of the molecule is CN(C)C(=O)CN(C)c1ncc(C(=O)N2CCCCC2)cc1Cl. The summed E-state index contributed by atoms with van der Waals surface area (Å²) in [5.41, 5.74) is 0.494. The third-order valence-corrected chi connectivity index (χ3v) is 4.22. The molecular weight excluding hydrogens is 316 g/mol. The Kier molecular flexibility index (Phi) is 5.82. The van der Waals surface area contributed by atoms with Gasteiger partial charge in [-0.25, -0.2) is 4.98 Å². The second kappa shape index (κ2) is 7.64. The molecule has 1 aromatic heterocycles. The fourth-order valence-corrected chi connectivity index (χ4v) is 2.84. The number of anilines is 1. The summed E-state index contributed by atoms with van der Waals surface area (Å²) >= 11 is 6.27. The van der Waals surface area contributed by atoms with E-state index in [1.54, 1.807) is 32.1 Å². The number of halogens is 1. The van der Waals surface area contributed by atoms with Crippen molar-refractivity contribution in [3.05, 3.63) is 22.8 Å². The molecule has 1 aliphatic rings. The molecule has 126 valence electrons. The molecule has 0 radical (unpaired) electrons. The number of pyridine rings is 1. The lowest BCUT2D eigenvalue weighted by Crippen LogP contribution is -2.36. The Morgan fingerprint density at radius 3 is 2.43 bits per heavy atom. The number of nitrogens with zero attached hydrogens (tertiary/aromatic N) is 4. The summed E-state index contributed by atoms with van der Waals surface area (Å²) in [5.74, 6) is 0.425. The summed E-state index contributed by atoms with van der Waals surface area (Å²) in [7, 11) is 5.15. The van der Waals surface area contributed by atoms with E-state index in [4.69, 9.17) is 11.6 Å². The second-order valence-electron chi connectivity index (χ2n) is 6.03. The largest absolute Gasteiger partial charge is 0.349 e. The number of piperidine rings is 1. The average molecular weight is 339 g/mol. The average Bonchev–Trinajstić information content (AvgIpc) is 2.54. The van der Waals surface area contributed by atoms with Gasteiger partial charge in [-0.1, -0.05) is 11.6 Å². The van der Waals surface area contributed by atoms with Crippen molar-refractivity contribution in [3.8, 4) is 0 Å². The van der Waals surface area contributed by atoms with E-state index in [9.17, 15) is 9.59 Å². The van der Waals surface area contributed by atoms with Crippen LogP contribution in [0.1, 0.15) is 29.6 Å². The van der Waals surface area contributed by atoms with Crippen molar-refractivity contribution in [2.24, 2.45) is 0 Å². The first-order chi connectivity index (χ1) is 10.9. The highest BCUT2D eigenvalue weighted by atomic mass is 35.5. The minimum Gasteiger partial charge on any atom is -0.349 e. The topological polar surface area (TPSA) is 56.8 Å². The molecule has 6 nitrogen and oxygen atoms in total. The van der Waals surface area contributed by atoms with Crippen molar-refractivity contribution in [3.63, 3.8) is 0 Å². The van der Waals surface area contributed by atoms with E-state index in [1.807, 2.05) is 4.90 Å². The van der Waals surface area contributed by atoms with Crippen LogP contribution in [0.15, 0.2) is 12.3 Å². The first kappa shape index (κ1) is 17.5. The predicted octanol–water partition coefficient (Wildman–Crippen LogP) is 1.89. The Labute approximate surface area is 142 Å². The number of rotatable bonds is 4. The van der Waals surface area contributed by atoms with Gasteiger partial charge in [0.15, 0.2) is 0 Å². The Morgan fingerprint density at radius 1 is 1.22 bits per heavy atom. The molecule has 23 heavy (non-hydrogen) atoms. The molecule has 2 heterocycles. The van der Waals surface area contributed by atoms with Crippen molar-refractivity contribution in [2.75, 3.05) is 45.7 Å². The number of hydrogen-bond acceptors (Lipinski definition) is 4. The summed E-state index contributed by atoms with van der Waals surface area (Å²) in [6, 6.07) is 1.64. The van der Waals surface area contributed by atoms with Crippen LogP contribution in [-0.2, 0) is 4.79 Å². The van der Waals surface area contributed by atoms with E-state index in [-0.39, 0.29) is 18.4 Å².